The number of hydrogen-bond donors (Lipinski definition) is 2. The Bertz CT molecular complexity index is 601. The van der Waals surface area contributed by atoms with Gasteiger partial charge in [0.25, 0.3) is 5.91 Å². The SMILES string of the molecule is O=C(O)c1ccc(C(=O)N2CCN3C(=O)NCC3C2)cn1. The summed E-state index contributed by atoms with van der Waals surface area (Å²) in [6, 6.07) is 2.69. The van der Waals surface area contributed by atoms with Crippen LogP contribution in [0.1, 0.15) is 20.8 Å². The van der Waals surface area contributed by atoms with Gasteiger partial charge in [-0.3, -0.25) is 4.79 Å². The normalized spacial score (nSPS) is 21.0. The van der Waals surface area contributed by atoms with Crippen molar-refractivity contribution >= 4 is 17.9 Å². The first-order chi connectivity index (χ1) is 10.1. The number of aromatic nitrogens is 1. The molecule has 0 aromatic carbocycles. The Morgan fingerprint density at radius 3 is 2.81 bits per heavy atom. The van der Waals surface area contributed by atoms with Crippen LogP contribution in [-0.4, -0.2) is 70.0 Å². The number of amides is 3. The number of carbonyl (C=O) groups excluding carboxylic acids is 2. The highest BCUT2D eigenvalue weighted by Gasteiger charge is 2.37. The van der Waals surface area contributed by atoms with E-state index in [2.05, 4.69) is 10.3 Å². The molecule has 0 bridgehead atoms. The standard InChI is InChI=1S/C13H14N4O4/c18-11(8-1-2-10(12(19)20)14-5-8)16-3-4-17-9(7-16)6-15-13(17)21/h1-2,5,9H,3-4,6-7H2,(H,15,21)(H,19,20). The van der Waals surface area contributed by atoms with Gasteiger partial charge in [-0.05, 0) is 12.1 Å². The zero-order valence-electron chi connectivity index (χ0n) is 11.2. The Morgan fingerprint density at radius 1 is 1.33 bits per heavy atom. The number of urea groups is 1. The summed E-state index contributed by atoms with van der Waals surface area (Å²) < 4.78 is 0. The summed E-state index contributed by atoms with van der Waals surface area (Å²) in [7, 11) is 0. The Kier molecular flexibility index (Phi) is 3.20. The molecule has 0 aliphatic carbocycles. The number of carboxylic acid groups (broad SMARTS) is 1. The summed E-state index contributed by atoms with van der Waals surface area (Å²) in [4.78, 5) is 41.8. The van der Waals surface area contributed by atoms with E-state index in [1.54, 1.807) is 9.80 Å². The minimum atomic E-state index is -1.13. The van der Waals surface area contributed by atoms with Crippen LogP contribution in [0.5, 0.6) is 0 Å². The molecule has 1 unspecified atom stereocenters. The van der Waals surface area contributed by atoms with Crippen LogP contribution in [0.2, 0.25) is 0 Å². The van der Waals surface area contributed by atoms with Crippen molar-refractivity contribution in [2.45, 2.75) is 6.04 Å². The van der Waals surface area contributed by atoms with Gasteiger partial charge in [0, 0.05) is 32.4 Å². The zero-order chi connectivity index (χ0) is 15.0. The summed E-state index contributed by atoms with van der Waals surface area (Å²) in [6.45, 7) is 1.98. The highest BCUT2D eigenvalue weighted by Crippen LogP contribution is 2.16. The fourth-order valence-corrected chi connectivity index (χ4v) is 2.62. The lowest BCUT2D eigenvalue weighted by Gasteiger charge is -2.36. The Morgan fingerprint density at radius 2 is 2.14 bits per heavy atom. The topological polar surface area (TPSA) is 103 Å². The number of aromatic carboxylic acids is 1. The molecule has 2 aliphatic rings. The van der Waals surface area contributed by atoms with Crippen molar-refractivity contribution in [3.8, 4) is 0 Å². The second-order valence-electron chi connectivity index (χ2n) is 5.02. The van der Waals surface area contributed by atoms with Gasteiger partial charge in [0.05, 0.1) is 11.6 Å². The van der Waals surface area contributed by atoms with Gasteiger partial charge in [-0.1, -0.05) is 0 Å². The molecule has 8 nitrogen and oxygen atoms in total. The molecule has 2 saturated heterocycles. The summed E-state index contributed by atoms with van der Waals surface area (Å²) >= 11 is 0. The maximum absolute atomic E-state index is 12.4. The average Bonchev–Trinajstić information content (AvgIpc) is 2.87. The first-order valence-electron chi connectivity index (χ1n) is 6.59. The molecule has 1 atom stereocenters. The van der Waals surface area contributed by atoms with Gasteiger partial charge >= 0.3 is 12.0 Å². The van der Waals surface area contributed by atoms with Gasteiger partial charge in [0.2, 0.25) is 0 Å². The molecular formula is C13H14N4O4. The average molecular weight is 290 g/mol. The lowest BCUT2D eigenvalue weighted by atomic mass is 10.1. The van der Waals surface area contributed by atoms with Gasteiger partial charge in [0.15, 0.2) is 0 Å². The van der Waals surface area contributed by atoms with Crippen molar-refractivity contribution in [3.05, 3.63) is 29.6 Å². The van der Waals surface area contributed by atoms with Crippen LogP contribution in [-0.2, 0) is 0 Å². The number of nitrogens with one attached hydrogen (secondary N) is 1. The molecule has 3 amide bonds. The molecule has 1 aromatic heterocycles. The second-order valence-corrected chi connectivity index (χ2v) is 5.02. The third-order valence-corrected chi connectivity index (χ3v) is 3.75. The van der Waals surface area contributed by atoms with Crippen molar-refractivity contribution < 1.29 is 19.5 Å². The number of rotatable bonds is 2. The molecule has 110 valence electrons. The minimum Gasteiger partial charge on any atom is -0.477 e. The van der Waals surface area contributed by atoms with E-state index in [1.807, 2.05) is 0 Å². The van der Waals surface area contributed by atoms with Crippen LogP contribution in [0.3, 0.4) is 0 Å². The highest BCUT2D eigenvalue weighted by atomic mass is 16.4. The van der Waals surface area contributed by atoms with Crippen LogP contribution in [0.4, 0.5) is 4.79 Å². The molecule has 8 heteroatoms. The van der Waals surface area contributed by atoms with E-state index in [4.69, 9.17) is 5.11 Å². The number of piperazine rings is 1. The number of carbonyl (C=O) groups is 3. The summed E-state index contributed by atoms with van der Waals surface area (Å²) in [5.41, 5.74) is 0.257. The number of fused-ring (bicyclic) bond motifs is 1. The van der Waals surface area contributed by atoms with E-state index >= 15 is 0 Å². The summed E-state index contributed by atoms with van der Waals surface area (Å²) in [6.07, 6.45) is 1.27. The van der Waals surface area contributed by atoms with Gasteiger partial charge in [0.1, 0.15) is 5.69 Å². The smallest absolute Gasteiger partial charge is 0.354 e. The van der Waals surface area contributed by atoms with Crippen molar-refractivity contribution in [3.63, 3.8) is 0 Å². The molecule has 2 aliphatic heterocycles. The van der Waals surface area contributed by atoms with E-state index in [0.29, 0.717) is 31.7 Å². The van der Waals surface area contributed by atoms with Crippen LogP contribution < -0.4 is 5.32 Å². The molecule has 21 heavy (non-hydrogen) atoms. The van der Waals surface area contributed by atoms with Crippen LogP contribution in [0.25, 0.3) is 0 Å². The van der Waals surface area contributed by atoms with Crippen LogP contribution in [0.15, 0.2) is 18.3 Å². The Balaban J connectivity index is 1.71. The predicted molar refractivity (Wildman–Crippen MR) is 71.0 cm³/mol. The lowest BCUT2D eigenvalue weighted by molar-refractivity contribution is 0.0614. The maximum atomic E-state index is 12.4. The molecule has 0 saturated carbocycles. The van der Waals surface area contributed by atoms with Crippen molar-refractivity contribution in [1.82, 2.24) is 20.1 Å². The van der Waals surface area contributed by atoms with Gasteiger partial charge in [-0.2, -0.15) is 0 Å². The van der Waals surface area contributed by atoms with E-state index in [9.17, 15) is 14.4 Å². The highest BCUT2D eigenvalue weighted by molar-refractivity contribution is 5.95. The first kappa shape index (κ1) is 13.3. The second kappa shape index (κ2) is 5.04. The predicted octanol–water partition coefficient (Wildman–Crippen LogP) is -0.371. The van der Waals surface area contributed by atoms with Gasteiger partial charge in [-0.15, -0.1) is 0 Å². The minimum absolute atomic E-state index is 0.00134. The summed E-state index contributed by atoms with van der Waals surface area (Å²) in [5, 5.41) is 11.5. The zero-order valence-corrected chi connectivity index (χ0v) is 11.2. The molecule has 0 spiro atoms. The fraction of sp³-hybridized carbons (Fsp3) is 0.385. The molecule has 2 N–H and O–H groups in total. The van der Waals surface area contributed by atoms with E-state index in [0.717, 1.165) is 0 Å². The van der Waals surface area contributed by atoms with Crippen molar-refractivity contribution in [2.75, 3.05) is 26.2 Å². The molecule has 0 radical (unpaired) electrons. The van der Waals surface area contributed by atoms with Gasteiger partial charge in [-0.25, -0.2) is 14.6 Å². The fourth-order valence-electron chi connectivity index (χ4n) is 2.62. The maximum Gasteiger partial charge on any atom is 0.354 e. The number of hydrogen-bond acceptors (Lipinski definition) is 4. The summed E-state index contributed by atoms with van der Waals surface area (Å²) in [5.74, 6) is -1.32. The molecule has 3 heterocycles. The van der Waals surface area contributed by atoms with Crippen molar-refractivity contribution in [1.29, 1.82) is 0 Å². The molecule has 2 fully saturated rings. The first-order valence-corrected chi connectivity index (χ1v) is 6.59. The monoisotopic (exact) mass is 290 g/mol. The Hall–Kier alpha value is -2.64. The van der Waals surface area contributed by atoms with Crippen molar-refractivity contribution in [2.24, 2.45) is 0 Å². The van der Waals surface area contributed by atoms with Crippen LogP contribution >= 0.6 is 0 Å². The number of nitrogens with zero attached hydrogens (tertiary/aromatic N) is 3. The van der Waals surface area contributed by atoms with E-state index < -0.39 is 5.97 Å². The Labute approximate surface area is 120 Å². The molecule has 3 rings (SSSR count). The van der Waals surface area contributed by atoms with Gasteiger partial charge < -0.3 is 20.2 Å². The number of carboxylic acids is 1. The van der Waals surface area contributed by atoms with E-state index in [1.165, 1.54) is 18.3 Å². The molecular weight excluding hydrogens is 276 g/mol. The lowest BCUT2D eigenvalue weighted by Crippen LogP contribution is -2.53. The largest absolute Gasteiger partial charge is 0.477 e. The molecule has 1 aromatic rings. The quantitative estimate of drug-likeness (QED) is 0.773. The third kappa shape index (κ3) is 2.39. The van der Waals surface area contributed by atoms with Crippen LogP contribution in [0, 0.1) is 0 Å². The number of pyridine rings is 1. The van der Waals surface area contributed by atoms with E-state index in [-0.39, 0.29) is 23.7 Å². The third-order valence-electron chi connectivity index (χ3n) is 3.75.